The van der Waals surface area contributed by atoms with Gasteiger partial charge in [0.15, 0.2) is 0 Å². The van der Waals surface area contributed by atoms with Crippen LogP contribution in [-0.4, -0.2) is 52.8 Å². The second-order valence-corrected chi connectivity index (χ2v) is 7.21. The lowest BCUT2D eigenvalue weighted by molar-refractivity contribution is 0.103. The molecular formula is C17H25ClN4O4. The molecule has 1 aromatic rings. The number of amides is 1. The molecule has 2 heterocycles. The van der Waals surface area contributed by atoms with E-state index in [9.17, 15) is 9.59 Å². The fourth-order valence-corrected chi connectivity index (χ4v) is 3.84. The van der Waals surface area contributed by atoms with Gasteiger partial charge in [-0.3, -0.25) is 4.79 Å². The molecule has 1 atom stereocenters. The average molecular weight is 385 g/mol. The number of anilines is 1. The van der Waals surface area contributed by atoms with Crippen LogP contribution in [0, 0.1) is 0 Å². The number of alkyl carbamates (subject to hydrolysis) is 1. The molecule has 1 aromatic heterocycles. The largest absolute Gasteiger partial charge is 0.444 e. The standard InChI is InChI=1S/C17H25ClN4O4/c18-15-14(10-19-22(8-9-23)16(15)24)21-7-6-13(11-21)26-17(25)20-12-4-2-1-3-5-12/h10,12-13,23H,1-9,11H2,(H,20,25)/t13-/m1/s1. The number of nitrogens with one attached hydrogen (secondary N) is 1. The maximum Gasteiger partial charge on any atom is 0.407 e. The summed E-state index contributed by atoms with van der Waals surface area (Å²) in [5.74, 6) is 0. The molecule has 2 fully saturated rings. The molecule has 3 rings (SSSR count). The summed E-state index contributed by atoms with van der Waals surface area (Å²) in [6.45, 7) is 1.03. The normalized spacial score (nSPS) is 21.0. The van der Waals surface area contributed by atoms with Crippen molar-refractivity contribution in [3.8, 4) is 0 Å². The quantitative estimate of drug-likeness (QED) is 0.799. The number of aliphatic hydroxyl groups excluding tert-OH is 1. The van der Waals surface area contributed by atoms with Crippen LogP contribution in [0.1, 0.15) is 38.5 Å². The third kappa shape index (κ3) is 4.48. The van der Waals surface area contributed by atoms with E-state index in [0.717, 1.165) is 30.4 Å². The molecule has 1 aliphatic heterocycles. The number of hydrogen-bond donors (Lipinski definition) is 2. The lowest BCUT2D eigenvalue weighted by Gasteiger charge is -2.23. The molecule has 0 unspecified atom stereocenters. The first-order valence-corrected chi connectivity index (χ1v) is 9.55. The number of rotatable bonds is 5. The fraction of sp³-hybridized carbons (Fsp3) is 0.706. The first-order chi connectivity index (χ1) is 12.6. The van der Waals surface area contributed by atoms with Gasteiger partial charge in [0.1, 0.15) is 11.1 Å². The molecule has 8 nitrogen and oxygen atoms in total. The Hall–Kier alpha value is -1.80. The number of hydrogen-bond acceptors (Lipinski definition) is 6. The van der Waals surface area contributed by atoms with Crippen molar-refractivity contribution in [1.82, 2.24) is 15.1 Å². The van der Waals surface area contributed by atoms with Crippen molar-refractivity contribution in [2.45, 2.75) is 57.2 Å². The molecule has 0 radical (unpaired) electrons. The Morgan fingerprint density at radius 2 is 2.12 bits per heavy atom. The van der Waals surface area contributed by atoms with E-state index in [1.54, 1.807) is 0 Å². The van der Waals surface area contributed by atoms with E-state index in [4.69, 9.17) is 21.4 Å². The van der Waals surface area contributed by atoms with E-state index in [2.05, 4.69) is 10.4 Å². The molecule has 144 valence electrons. The fourth-order valence-electron chi connectivity index (χ4n) is 3.57. The van der Waals surface area contributed by atoms with Crippen LogP contribution >= 0.6 is 11.6 Å². The number of carbonyl (C=O) groups excluding carboxylic acids is 1. The smallest absolute Gasteiger partial charge is 0.407 e. The Bertz CT molecular complexity index is 690. The first kappa shape index (κ1) is 19.0. The Labute approximate surface area is 157 Å². The molecular weight excluding hydrogens is 360 g/mol. The van der Waals surface area contributed by atoms with Crippen LogP contribution in [0.4, 0.5) is 10.5 Å². The number of ether oxygens (including phenoxy) is 1. The number of aliphatic hydroxyl groups is 1. The lowest BCUT2D eigenvalue weighted by atomic mass is 9.96. The summed E-state index contributed by atoms with van der Waals surface area (Å²) in [7, 11) is 0. The zero-order valence-electron chi connectivity index (χ0n) is 14.7. The van der Waals surface area contributed by atoms with Crippen LogP contribution in [0.3, 0.4) is 0 Å². The highest BCUT2D eigenvalue weighted by Crippen LogP contribution is 2.26. The predicted octanol–water partition coefficient (Wildman–Crippen LogP) is 1.53. The van der Waals surface area contributed by atoms with Gasteiger partial charge in [-0.15, -0.1) is 0 Å². The van der Waals surface area contributed by atoms with Gasteiger partial charge in [-0.2, -0.15) is 5.10 Å². The SMILES string of the molecule is O=C(NC1CCCCC1)O[C@@H]1CCN(c2cnn(CCO)c(=O)c2Cl)C1. The first-order valence-electron chi connectivity index (χ1n) is 9.17. The zero-order chi connectivity index (χ0) is 18.5. The summed E-state index contributed by atoms with van der Waals surface area (Å²) in [6.07, 6.45) is 7.13. The van der Waals surface area contributed by atoms with Gasteiger partial charge < -0.3 is 20.1 Å². The van der Waals surface area contributed by atoms with Gasteiger partial charge in [0.25, 0.3) is 5.56 Å². The molecule has 1 amide bonds. The Morgan fingerprint density at radius 3 is 2.85 bits per heavy atom. The van der Waals surface area contributed by atoms with Gasteiger partial charge in [-0.05, 0) is 12.8 Å². The van der Waals surface area contributed by atoms with E-state index >= 15 is 0 Å². The molecule has 2 aliphatic rings. The zero-order valence-corrected chi connectivity index (χ0v) is 15.5. The summed E-state index contributed by atoms with van der Waals surface area (Å²) < 4.78 is 6.66. The van der Waals surface area contributed by atoms with Crippen molar-refractivity contribution < 1.29 is 14.6 Å². The second-order valence-electron chi connectivity index (χ2n) is 6.84. The topological polar surface area (TPSA) is 96.7 Å². The minimum absolute atomic E-state index is 0.0701. The Balaban J connectivity index is 1.56. The average Bonchev–Trinajstić information content (AvgIpc) is 3.08. The van der Waals surface area contributed by atoms with Crippen LogP contribution in [0.5, 0.6) is 0 Å². The van der Waals surface area contributed by atoms with E-state index in [-0.39, 0.29) is 36.4 Å². The van der Waals surface area contributed by atoms with Gasteiger partial charge in [-0.25, -0.2) is 9.48 Å². The number of nitrogens with zero attached hydrogens (tertiary/aromatic N) is 3. The van der Waals surface area contributed by atoms with E-state index in [1.165, 1.54) is 12.6 Å². The van der Waals surface area contributed by atoms with Crippen molar-refractivity contribution >= 4 is 23.4 Å². The monoisotopic (exact) mass is 384 g/mol. The number of aromatic nitrogens is 2. The highest BCUT2D eigenvalue weighted by atomic mass is 35.5. The molecule has 2 N–H and O–H groups in total. The predicted molar refractivity (Wildman–Crippen MR) is 97.7 cm³/mol. The van der Waals surface area contributed by atoms with Crippen LogP contribution in [0.15, 0.2) is 11.0 Å². The van der Waals surface area contributed by atoms with Crippen molar-refractivity contribution in [2.75, 3.05) is 24.6 Å². The third-order valence-corrected chi connectivity index (χ3v) is 5.32. The summed E-state index contributed by atoms with van der Waals surface area (Å²) in [5, 5.41) is 16.0. The molecule has 9 heteroatoms. The molecule has 1 aliphatic carbocycles. The Kier molecular flexibility index (Phi) is 6.37. The van der Waals surface area contributed by atoms with E-state index in [0.29, 0.717) is 25.2 Å². The van der Waals surface area contributed by atoms with Crippen LogP contribution in [-0.2, 0) is 11.3 Å². The van der Waals surface area contributed by atoms with Crippen LogP contribution in [0.25, 0.3) is 0 Å². The maximum absolute atomic E-state index is 12.2. The minimum Gasteiger partial charge on any atom is -0.444 e. The maximum atomic E-state index is 12.2. The summed E-state index contributed by atoms with van der Waals surface area (Å²) in [6, 6.07) is 0.214. The second kappa shape index (κ2) is 8.73. The minimum atomic E-state index is -0.433. The Morgan fingerprint density at radius 1 is 1.35 bits per heavy atom. The van der Waals surface area contributed by atoms with Gasteiger partial charge in [-0.1, -0.05) is 30.9 Å². The molecule has 1 saturated carbocycles. The third-order valence-electron chi connectivity index (χ3n) is 4.96. The summed E-state index contributed by atoms with van der Waals surface area (Å²) >= 11 is 6.18. The highest BCUT2D eigenvalue weighted by Gasteiger charge is 2.29. The molecule has 0 bridgehead atoms. The van der Waals surface area contributed by atoms with E-state index < -0.39 is 5.56 Å². The van der Waals surface area contributed by atoms with Gasteiger partial charge >= 0.3 is 6.09 Å². The van der Waals surface area contributed by atoms with Gasteiger partial charge in [0, 0.05) is 19.0 Å². The molecule has 0 aromatic carbocycles. The van der Waals surface area contributed by atoms with Gasteiger partial charge in [0.05, 0.1) is 31.6 Å². The van der Waals surface area contributed by atoms with Crippen molar-refractivity contribution in [2.24, 2.45) is 0 Å². The number of halogens is 1. The van der Waals surface area contributed by atoms with Crippen molar-refractivity contribution in [3.05, 3.63) is 21.6 Å². The summed E-state index contributed by atoms with van der Waals surface area (Å²) in [4.78, 5) is 26.1. The highest BCUT2D eigenvalue weighted by molar-refractivity contribution is 6.33. The number of carbonyl (C=O) groups is 1. The molecule has 26 heavy (non-hydrogen) atoms. The van der Waals surface area contributed by atoms with Crippen molar-refractivity contribution in [1.29, 1.82) is 0 Å². The van der Waals surface area contributed by atoms with Crippen LogP contribution in [0.2, 0.25) is 5.02 Å². The molecule has 0 spiro atoms. The van der Waals surface area contributed by atoms with E-state index in [1.807, 2.05) is 4.90 Å². The van der Waals surface area contributed by atoms with Gasteiger partial charge in [0.2, 0.25) is 0 Å². The van der Waals surface area contributed by atoms with Crippen molar-refractivity contribution in [3.63, 3.8) is 0 Å². The summed E-state index contributed by atoms with van der Waals surface area (Å²) in [5.41, 5.74) is 0.0993. The lowest BCUT2D eigenvalue weighted by Crippen LogP contribution is -2.39. The molecule has 1 saturated heterocycles. The van der Waals surface area contributed by atoms with Crippen LogP contribution < -0.4 is 15.8 Å².